The number of carbonyl (C=O) groups is 5. The van der Waals surface area contributed by atoms with Gasteiger partial charge >= 0.3 is 12.2 Å². The number of benzene rings is 3. The number of alkyl carbamates (subject to hydrolysis) is 2. The molecule has 1 saturated carbocycles. The molecule has 5 N–H and O–H groups in total. The number of carbonyl (C=O) groups excluding carboxylic acids is 5. The van der Waals surface area contributed by atoms with Gasteiger partial charge in [0.15, 0.2) is 0 Å². The van der Waals surface area contributed by atoms with E-state index in [1.165, 1.54) is 17.8 Å². The summed E-state index contributed by atoms with van der Waals surface area (Å²) in [5.74, 6) is -1.18. The number of rotatable bonds is 21. The zero-order chi connectivity index (χ0) is 53.0. The molecule has 16 nitrogen and oxygen atoms in total. The minimum Gasteiger partial charge on any atom is -0.489 e. The van der Waals surface area contributed by atoms with Gasteiger partial charge in [-0.3, -0.25) is 34.8 Å². The van der Waals surface area contributed by atoms with Crippen LogP contribution in [0.3, 0.4) is 0 Å². The van der Waals surface area contributed by atoms with Gasteiger partial charge in [-0.2, -0.15) is 0 Å². The number of hydrogen-bond acceptors (Lipinski definition) is 12. The van der Waals surface area contributed by atoms with Crippen LogP contribution in [-0.4, -0.2) is 79.0 Å². The lowest BCUT2D eigenvalue weighted by Crippen LogP contribution is -2.47. The van der Waals surface area contributed by atoms with Crippen molar-refractivity contribution >= 4 is 59.4 Å². The van der Waals surface area contributed by atoms with Crippen molar-refractivity contribution in [2.24, 2.45) is 16.8 Å². The first-order valence-corrected chi connectivity index (χ1v) is 25.2. The molecule has 0 heterocycles. The van der Waals surface area contributed by atoms with Gasteiger partial charge < -0.3 is 29.6 Å². The number of amides is 5. The molecule has 73 heavy (non-hydrogen) atoms. The van der Waals surface area contributed by atoms with Gasteiger partial charge in [-0.25, -0.2) is 15.1 Å². The molecule has 390 valence electrons. The molecule has 1 fully saturated rings. The van der Waals surface area contributed by atoms with E-state index in [1.54, 1.807) is 71.2 Å². The molecule has 0 saturated heterocycles. The van der Waals surface area contributed by atoms with E-state index in [-0.39, 0.29) is 74.2 Å². The highest BCUT2D eigenvalue weighted by atomic mass is 32.2. The maximum Gasteiger partial charge on any atom is 0.414 e. The Morgan fingerprint density at radius 2 is 1.59 bits per heavy atom. The van der Waals surface area contributed by atoms with Gasteiger partial charge in [-0.15, -0.1) is 0 Å². The van der Waals surface area contributed by atoms with Crippen LogP contribution in [0.25, 0.3) is 6.08 Å². The first-order chi connectivity index (χ1) is 34.9. The highest BCUT2D eigenvalue weighted by Gasteiger charge is 2.42. The Kier molecular flexibility index (Phi) is 21.7. The van der Waals surface area contributed by atoms with Crippen molar-refractivity contribution in [2.75, 3.05) is 25.1 Å². The van der Waals surface area contributed by atoms with Gasteiger partial charge in [0, 0.05) is 34.2 Å². The molecular formula is C56H70N6O10S. The van der Waals surface area contributed by atoms with Gasteiger partial charge in [-0.05, 0) is 127 Å². The normalized spacial score (nSPS) is 17.5. The SMILES string of the molecule is C=CCOc1ccc(/C=C\C)c(SC=C)c1[C@H]1C(OCC(=O)N[C@H](CCCN=C(NC(=O)OC(C)(C)C)NC(=O)OC(C)(C)C)C(=O)Nc2cccc(C(=O)NOCc3ccccc3)c2)CCC2C=CC=CC21. The van der Waals surface area contributed by atoms with E-state index >= 15 is 0 Å². The van der Waals surface area contributed by atoms with Crippen molar-refractivity contribution in [1.82, 2.24) is 21.4 Å². The van der Waals surface area contributed by atoms with E-state index in [4.69, 9.17) is 23.8 Å². The van der Waals surface area contributed by atoms with Gasteiger partial charge in [-0.1, -0.05) is 110 Å². The Bertz CT molecular complexity index is 2500. The monoisotopic (exact) mass is 1020 g/mol. The smallest absolute Gasteiger partial charge is 0.414 e. The third-order valence-corrected chi connectivity index (χ3v) is 12.1. The molecular weight excluding hydrogens is 949 g/mol. The van der Waals surface area contributed by atoms with Crippen molar-refractivity contribution in [2.45, 2.75) is 115 Å². The Hall–Kier alpha value is -6.95. The summed E-state index contributed by atoms with van der Waals surface area (Å²) in [4.78, 5) is 77.8. The first kappa shape index (κ1) is 57.0. The van der Waals surface area contributed by atoms with Crippen LogP contribution < -0.4 is 31.5 Å². The summed E-state index contributed by atoms with van der Waals surface area (Å²) < 4.78 is 23.7. The van der Waals surface area contributed by atoms with Gasteiger partial charge in [0.1, 0.15) is 36.2 Å². The summed E-state index contributed by atoms with van der Waals surface area (Å²) >= 11 is 1.51. The molecule has 0 bridgehead atoms. The maximum absolute atomic E-state index is 14.2. The molecule has 5 rings (SSSR count). The molecule has 0 spiro atoms. The predicted molar refractivity (Wildman–Crippen MR) is 286 cm³/mol. The van der Waals surface area contributed by atoms with Crippen molar-refractivity contribution in [3.63, 3.8) is 0 Å². The number of hydrogen-bond donors (Lipinski definition) is 5. The molecule has 0 aromatic heterocycles. The zero-order valence-corrected chi connectivity index (χ0v) is 43.7. The molecule has 0 radical (unpaired) electrons. The van der Waals surface area contributed by atoms with Crippen molar-refractivity contribution in [3.8, 4) is 5.75 Å². The Labute approximate surface area is 433 Å². The Morgan fingerprint density at radius 1 is 0.877 bits per heavy atom. The second-order valence-electron chi connectivity index (χ2n) is 19.3. The molecule has 2 aliphatic carbocycles. The van der Waals surface area contributed by atoms with Crippen LogP contribution in [0, 0.1) is 11.8 Å². The van der Waals surface area contributed by atoms with Crippen molar-refractivity contribution in [1.29, 1.82) is 0 Å². The fraction of sp³-hybridized carbons (Fsp3) is 0.393. The number of allylic oxidation sites excluding steroid dienone is 5. The predicted octanol–water partition coefficient (Wildman–Crippen LogP) is 10.3. The van der Waals surface area contributed by atoms with Crippen LogP contribution in [-0.2, 0) is 35.2 Å². The van der Waals surface area contributed by atoms with E-state index in [1.807, 2.05) is 67.6 Å². The number of nitrogens with one attached hydrogen (secondary N) is 5. The first-order valence-electron chi connectivity index (χ1n) is 24.4. The molecule has 5 amide bonds. The second-order valence-corrected chi connectivity index (χ2v) is 20.2. The molecule has 3 unspecified atom stereocenters. The van der Waals surface area contributed by atoms with Crippen molar-refractivity contribution in [3.05, 3.63) is 144 Å². The lowest BCUT2D eigenvalue weighted by Gasteiger charge is -2.43. The third kappa shape index (κ3) is 18.6. The van der Waals surface area contributed by atoms with Gasteiger partial charge in [0.25, 0.3) is 5.91 Å². The second kappa shape index (κ2) is 27.8. The summed E-state index contributed by atoms with van der Waals surface area (Å²) in [6.45, 7) is 20.1. The van der Waals surface area contributed by atoms with E-state index in [0.717, 1.165) is 28.0 Å². The lowest BCUT2D eigenvalue weighted by molar-refractivity contribution is -0.133. The maximum atomic E-state index is 14.2. The number of fused-ring (bicyclic) bond motifs is 1. The topological polar surface area (TPSA) is 204 Å². The van der Waals surface area contributed by atoms with E-state index in [2.05, 4.69) is 63.1 Å². The number of aliphatic imine (C=N–C) groups is 1. The van der Waals surface area contributed by atoms with E-state index < -0.39 is 53.3 Å². The standard InChI is InChI=1S/C56H70N6O10S/c1-10-20-39-29-31-45(68-33-11-2)48(49(39)73-12-3)47-42-26-17-16-23-38(42)28-30-44(47)69-36-46(63)59-43(27-19-32-57-52(60-53(66)71-55(4,5)6)61-54(67)72-56(7,8)9)51(65)58-41-25-18-24-40(34-41)50(64)62-70-35-37-21-14-13-15-22-37/h10-18,20-26,29,31,34,38,42-44,47H,2-3,19,27-28,30,32-33,35-36H2,1,4-9H3,(H,58,65)(H,59,63)(H,62,64)(H2,57,60,61,66,67)/b20-10-/t38?,42?,43-,44?,47-/m1/s1. The van der Waals surface area contributed by atoms with Gasteiger partial charge in [0.2, 0.25) is 17.8 Å². The zero-order valence-electron chi connectivity index (χ0n) is 42.9. The van der Waals surface area contributed by atoms with Crippen LogP contribution >= 0.6 is 11.8 Å². The van der Waals surface area contributed by atoms with Crippen LogP contribution in [0.15, 0.2) is 132 Å². The number of nitrogens with zero attached hydrogens (tertiary/aromatic N) is 1. The number of anilines is 1. The highest BCUT2D eigenvalue weighted by molar-refractivity contribution is 8.02. The lowest BCUT2D eigenvalue weighted by atomic mass is 9.66. The summed E-state index contributed by atoms with van der Waals surface area (Å²) in [6, 6.07) is 18.5. The molecule has 2 aliphatic rings. The van der Waals surface area contributed by atoms with Crippen LogP contribution in [0.5, 0.6) is 5.75 Å². The van der Waals surface area contributed by atoms with Crippen LogP contribution in [0.2, 0.25) is 0 Å². The molecule has 17 heteroatoms. The van der Waals surface area contributed by atoms with E-state index in [9.17, 15) is 24.0 Å². The number of thioether (sulfide) groups is 1. The summed E-state index contributed by atoms with van der Waals surface area (Å²) in [6.07, 6.45) is 13.8. The quantitative estimate of drug-likeness (QED) is 0.0170. The van der Waals surface area contributed by atoms with E-state index in [0.29, 0.717) is 12.2 Å². The van der Waals surface area contributed by atoms with Crippen LogP contribution in [0.1, 0.15) is 107 Å². The molecule has 3 aromatic rings. The Balaban J connectivity index is 1.38. The molecule has 5 atom stereocenters. The van der Waals surface area contributed by atoms with Crippen molar-refractivity contribution < 1.29 is 47.8 Å². The average Bonchev–Trinajstić information content (AvgIpc) is 3.33. The van der Waals surface area contributed by atoms with Crippen LogP contribution in [0.4, 0.5) is 15.3 Å². The largest absolute Gasteiger partial charge is 0.489 e. The minimum atomic E-state index is -1.14. The summed E-state index contributed by atoms with van der Waals surface area (Å²) in [5, 5.41) is 12.4. The molecule has 3 aromatic carbocycles. The number of guanidine groups is 1. The number of hydroxylamine groups is 1. The molecule has 0 aliphatic heterocycles. The number of ether oxygens (including phenoxy) is 4. The third-order valence-electron chi connectivity index (χ3n) is 11.2. The highest BCUT2D eigenvalue weighted by Crippen LogP contribution is 2.51. The summed E-state index contributed by atoms with van der Waals surface area (Å²) in [5.41, 5.74) is 4.07. The fourth-order valence-corrected chi connectivity index (χ4v) is 9.08. The van der Waals surface area contributed by atoms with Gasteiger partial charge in [0.05, 0.1) is 12.7 Å². The Morgan fingerprint density at radius 3 is 2.26 bits per heavy atom. The summed E-state index contributed by atoms with van der Waals surface area (Å²) in [7, 11) is 0. The fourth-order valence-electron chi connectivity index (χ4n) is 8.28. The minimum absolute atomic E-state index is 0.0163. The average molecular weight is 1020 g/mol.